The molecular weight excluding hydrogens is 202 g/mol. The number of hydrogen-bond acceptors (Lipinski definition) is 3. The van der Waals surface area contributed by atoms with E-state index in [9.17, 15) is 0 Å². The molecule has 0 saturated heterocycles. The number of aryl methyl sites for hydroxylation is 1. The van der Waals surface area contributed by atoms with Crippen LogP contribution in [-0.4, -0.2) is 26.3 Å². The standard InChI is InChI=1S/C11H17N5/c1-2-16-7-3-4-10(16)8-12-6-5-11-13-9-14-15-11/h3-4,7,9,12H,2,5-6,8H2,1H3,(H,13,14,15). The molecule has 0 aliphatic rings. The van der Waals surface area contributed by atoms with Crippen molar-refractivity contribution in [3.63, 3.8) is 0 Å². The molecule has 16 heavy (non-hydrogen) atoms. The molecule has 0 amide bonds. The summed E-state index contributed by atoms with van der Waals surface area (Å²) in [5, 5.41) is 10.0. The highest BCUT2D eigenvalue weighted by atomic mass is 15.2. The lowest BCUT2D eigenvalue weighted by Crippen LogP contribution is -2.19. The zero-order valence-electron chi connectivity index (χ0n) is 9.48. The van der Waals surface area contributed by atoms with Gasteiger partial charge in [0.25, 0.3) is 0 Å². The minimum atomic E-state index is 0.882. The molecule has 2 aromatic heterocycles. The van der Waals surface area contributed by atoms with Crippen LogP contribution in [0.5, 0.6) is 0 Å². The van der Waals surface area contributed by atoms with Gasteiger partial charge in [-0.25, -0.2) is 4.98 Å². The Balaban J connectivity index is 1.72. The second-order valence-corrected chi connectivity index (χ2v) is 3.64. The fourth-order valence-electron chi connectivity index (χ4n) is 1.69. The Hall–Kier alpha value is -1.62. The van der Waals surface area contributed by atoms with E-state index in [-0.39, 0.29) is 0 Å². The first-order valence-electron chi connectivity index (χ1n) is 5.59. The fourth-order valence-corrected chi connectivity index (χ4v) is 1.69. The van der Waals surface area contributed by atoms with Crippen LogP contribution in [0, 0.1) is 0 Å². The molecule has 5 heteroatoms. The highest BCUT2D eigenvalue weighted by Gasteiger charge is 1.99. The predicted molar refractivity (Wildman–Crippen MR) is 61.9 cm³/mol. The molecule has 86 valence electrons. The number of rotatable bonds is 6. The maximum absolute atomic E-state index is 4.07. The highest BCUT2D eigenvalue weighted by Crippen LogP contribution is 2.01. The van der Waals surface area contributed by atoms with E-state index in [1.165, 1.54) is 12.0 Å². The maximum Gasteiger partial charge on any atom is 0.137 e. The van der Waals surface area contributed by atoms with Crippen LogP contribution in [0.2, 0.25) is 0 Å². The van der Waals surface area contributed by atoms with Gasteiger partial charge >= 0.3 is 0 Å². The van der Waals surface area contributed by atoms with Crippen LogP contribution in [0.1, 0.15) is 18.4 Å². The lowest BCUT2D eigenvalue weighted by molar-refractivity contribution is 0.621. The molecule has 0 fully saturated rings. The zero-order chi connectivity index (χ0) is 11.2. The van der Waals surface area contributed by atoms with E-state index in [4.69, 9.17) is 0 Å². The van der Waals surface area contributed by atoms with Crippen LogP contribution in [-0.2, 0) is 19.5 Å². The van der Waals surface area contributed by atoms with E-state index in [2.05, 4.69) is 50.3 Å². The first-order chi connectivity index (χ1) is 7.90. The minimum absolute atomic E-state index is 0.882. The summed E-state index contributed by atoms with van der Waals surface area (Å²) in [6.45, 7) is 4.98. The Morgan fingerprint density at radius 1 is 1.50 bits per heavy atom. The highest BCUT2D eigenvalue weighted by molar-refractivity contribution is 5.06. The van der Waals surface area contributed by atoms with Crippen LogP contribution < -0.4 is 5.32 Å². The molecule has 0 unspecified atom stereocenters. The summed E-state index contributed by atoms with van der Waals surface area (Å²) in [6.07, 6.45) is 4.53. The van der Waals surface area contributed by atoms with E-state index >= 15 is 0 Å². The Morgan fingerprint density at radius 2 is 2.44 bits per heavy atom. The molecule has 2 heterocycles. The van der Waals surface area contributed by atoms with Gasteiger partial charge in [-0.3, -0.25) is 5.10 Å². The fraction of sp³-hybridized carbons (Fsp3) is 0.455. The number of nitrogens with zero attached hydrogens (tertiary/aromatic N) is 3. The van der Waals surface area contributed by atoms with Crippen molar-refractivity contribution in [3.05, 3.63) is 36.2 Å². The third kappa shape index (κ3) is 2.70. The number of hydrogen-bond donors (Lipinski definition) is 2. The van der Waals surface area contributed by atoms with Crippen molar-refractivity contribution in [1.29, 1.82) is 0 Å². The van der Waals surface area contributed by atoms with Gasteiger partial charge in [-0.15, -0.1) is 0 Å². The number of H-pyrrole nitrogens is 1. The molecule has 0 saturated carbocycles. The van der Waals surface area contributed by atoms with Gasteiger partial charge in [0, 0.05) is 37.9 Å². The van der Waals surface area contributed by atoms with Crippen LogP contribution in [0.15, 0.2) is 24.7 Å². The molecule has 5 nitrogen and oxygen atoms in total. The molecule has 2 N–H and O–H groups in total. The lowest BCUT2D eigenvalue weighted by Gasteiger charge is -2.07. The zero-order valence-corrected chi connectivity index (χ0v) is 9.48. The molecule has 2 aromatic rings. The van der Waals surface area contributed by atoms with Gasteiger partial charge in [0.2, 0.25) is 0 Å². The summed E-state index contributed by atoms with van der Waals surface area (Å²) in [4.78, 5) is 4.07. The second-order valence-electron chi connectivity index (χ2n) is 3.64. The Bertz CT molecular complexity index is 404. The molecule has 0 spiro atoms. The van der Waals surface area contributed by atoms with Crippen LogP contribution >= 0.6 is 0 Å². The van der Waals surface area contributed by atoms with Crippen molar-refractivity contribution in [2.75, 3.05) is 6.54 Å². The van der Waals surface area contributed by atoms with Crippen molar-refractivity contribution < 1.29 is 0 Å². The van der Waals surface area contributed by atoms with Crippen molar-refractivity contribution in [3.8, 4) is 0 Å². The van der Waals surface area contributed by atoms with Crippen molar-refractivity contribution in [2.45, 2.75) is 26.4 Å². The molecule has 0 radical (unpaired) electrons. The molecule has 0 aliphatic carbocycles. The lowest BCUT2D eigenvalue weighted by atomic mass is 10.3. The van der Waals surface area contributed by atoms with Crippen LogP contribution in [0.25, 0.3) is 0 Å². The summed E-state index contributed by atoms with van der Waals surface area (Å²) >= 11 is 0. The van der Waals surface area contributed by atoms with E-state index in [1.54, 1.807) is 0 Å². The van der Waals surface area contributed by atoms with E-state index in [0.29, 0.717) is 0 Å². The molecule has 0 bridgehead atoms. The third-order valence-electron chi connectivity index (χ3n) is 2.57. The molecule has 2 rings (SSSR count). The summed E-state index contributed by atoms with van der Waals surface area (Å²) in [5.41, 5.74) is 1.32. The number of aromatic nitrogens is 4. The predicted octanol–water partition coefficient (Wildman–Crippen LogP) is 0.958. The quantitative estimate of drug-likeness (QED) is 0.711. The monoisotopic (exact) mass is 219 g/mol. The van der Waals surface area contributed by atoms with Gasteiger partial charge in [-0.1, -0.05) is 0 Å². The maximum atomic E-state index is 4.07. The molecule has 0 aromatic carbocycles. The molecule has 0 aliphatic heterocycles. The first-order valence-corrected chi connectivity index (χ1v) is 5.59. The largest absolute Gasteiger partial charge is 0.351 e. The van der Waals surface area contributed by atoms with E-state index in [0.717, 1.165) is 31.9 Å². The smallest absolute Gasteiger partial charge is 0.137 e. The van der Waals surface area contributed by atoms with Gasteiger partial charge in [0.15, 0.2) is 0 Å². The van der Waals surface area contributed by atoms with Crippen LogP contribution in [0.4, 0.5) is 0 Å². The minimum Gasteiger partial charge on any atom is -0.351 e. The summed E-state index contributed by atoms with van der Waals surface area (Å²) in [6, 6.07) is 4.22. The topological polar surface area (TPSA) is 58.5 Å². The van der Waals surface area contributed by atoms with Gasteiger partial charge in [-0.05, 0) is 19.1 Å². The molecule has 0 atom stereocenters. The van der Waals surface area contributed by atoms with Crippen molar-refractivity contribution in [1.82, 2.24) is 25.1 Å². The van der Waals surface area contributed by atoms with Gasteiger partial charge in [-0.2, -0.15) is 5.10 Å². The van der Waals surface area contributed by atoms with Crippen molar-refractivity contribution in [2.24, 2.45) is 0 Å². The Morgan fingerprint density at radius 3 is 3.19 bits per heavy atom. The number of nitrogens with one attached hydrogen (secondary N) is 2. The number of aromatic amines is 1. The van der Waals surface area contributed by atoms with Crippen LogP contribution in [0.3, 0.4) is 0 Å². The third-order valence-corrected chi connectivity index (χ3v) is 2.57. The average Bonchev–Trinajstić information content (AvgIpc) is 2.95. The van der Waals surface area contributed by atoms with E-state index < -0.39 is 0 Å². The second kappa shape index (κ2) is 5.46. The summed E-state index contributed by atoms with van der Waals surface area (Å²) in [7, 11) is 0. The van der Waals surface area contributed by atoms with Gasteiger partial charge in [0.1, 0.15) is 12.2 Å². The summed E-state index contributed by atoms with van der Waals surface area (Å²) in [5.74, 6) is 0.929. The van der Waals surface area contributed by atoms with Crippen molar-refractivity contribution >= 4 is 0 Å². The Labute approximate surface area is 94.9 Å². The Kier molecular flexibility index (Phi) is 3.71. The van der Waals surface area contributed by atoms with Gasteiger partial charge in [0.05, 0.1) is 0 Å². The summed E-state index contributed by atoms with van der Waals surface area (Å²) < 4.78 is 2.24. The normalized spacial score (nSPS) is 10.8. The molecular formula is C11H17N5. The first kappa shape index (κ1) is 10.9. The van der Waals surface area contributed by atoms with E-state index in [1.807, 2.05) is 0 Å². The SMILES string of the molecule is CCn1cccc1CNCCc1ncn[nH]1. The average molecular weight is 219 g/mol. The van der Waals surface area contributed by atoms with Gasteiger partial charge < -0.3 is 9.88 Å².